The first-order valence-electron chi connectivity index (χ1n) is 10.3. The van der Waals surface area contributed by atoms with Crippen LogP contribution in [0, 0.1) is 0 Å². The summed E-state index contributed by atoms with van der Waals surface area (Å²) in [5, 5.41) is 17.0. The summed E-state index contributed by atoms with van der Waals surface area (Å²) >= 11 is 0. The summed E-state index contributed by atoms with van der Waals surface area (Å²) in [5.74, 6) is 2.56. The minimum Gasteiger partial charge on any atom is -0.508 e. The zero-order valence-electron chi connectivity index (χ0n) is 18.0. The topological polar surface area (TPSA) is 78.4 Å². The third kappa shape index (κ3) is 5.72. The Morgan fingerprint density at radius 2 is 1.97 bits per heavy atom. The van der Waals surface area contributed by atoms with Gasteiger partial charge in [-0.15, -0.1) is 0 Å². The van der Waals surface area contributed by atoms with Gasteiger partial charge < -0.3 is 30.1 Å². The molecule has 7 heteroatoms. The number of phenolic OH excluding ortho intramolecular Hbond substituents is 1. The molecule has 3 N–H and O–H groups in total. The second-order valence-electron chi connectivity index (χ2n) is 7.37. The van der Waals surface area contributed by atoms with Crippen molar-refractivity contribution in [3.8, 4) is 17.2 Å². The van der Waals surface area contributed by atoms with E-state index in [0.717, 1.165) is 43.2 Å². The van der Waals surface area contributed by atoms with Crippen LogP contribution < -0.4 is 25.0 Å². The first-order chi connectivity index (χ1) is 14.6. The molecule has 1 unspecified atom stereocenters. The highest BCUT2D eigenvalue weighted by atomic mass is 16.5. The zero-order valence-corrected chi connectivity index (χ0v) is 18.0. The number of piperidine rings is 1. The summed E-state index contributed by atoms with van der Waals surface area (Å²) in [7, 11) is 5.07. The molecule has 1 atom stereocenters. The number of ether oxygens (including phenoxy) is 2. The number of rotatable bonds is 7. The minimum atomic E-state index is 0.250. The largest absolute Gasteiger partial charge is 0.508 e. The van der Waals surface area contributed by atoms with E-state index in [1.165, 1.54) is 5.69 Å². The number of aromatic hydroxyl groups is 1. The van der Waals surface area contributed by atoms with E-state index >= 15 is 0 Å². The maximum atomic E-state index is 10.1. The number of anilines is 1. The van der Waals surface area contributed by atoms with Crippen LogP contribution in [0.2, 0.25) is 0 Å². The van der Waals surface area contributed by atoms with Gasteiger partial charge in [0.15, 0.2) is 5.96 Å². The fraction of sp³-hybridized carbons (Fsp3) is 0.435. The summed E-state index contributed by atoms with van der Waals surface area (Å²) in [5.41, 5.74) is 2.05. The average molecular weight is 413 g/mol. The molecule has 30 heavy (non-hydrogen) atoms. The van der Waals surface area contributed by atoms with Crippen LogP contribution in [-0.4, -0.2) is 58.0 Å². The van der Waals surface area contributed by atoms with Crippen LogP contribution in [0.4, 0.5) is 5.69 Å². The highest BCUT2D eigenvalue weighted by Crippen LogP contribution is 2.25. The molecule has 1 heterocycles. The number of nitrogens with one attached hydrogen (secondary N) is 2. The molecule has 0 bridgehead atoms. The van der Waals surface area contributed by atoms with Crippen LogP contribution in [0.1, 0.15) is 18.4 Å². The number of hydrogen-bond acceptors (Lipinski definition) is 5. The van der Waals surface area contributed by atoms with E-state index in [9.17, 15) is 5.11 Å². The van der Waals surface area contributed by atoms with Gasteiger partial charge >= 0.3 is 0 Å². The third-order valence-corrected chi connectivity index (χ3v) is 5.38. The normalized spacial score (nSPS) is 16.8. The Bertz CT molecular complexity index is 856. The lowest BCUT2D eigenvalue weighted by Crippen LogP contribution is -2.51. The summed E-state index contributed by atoms with van der Waals surface area (Å²) in [6, 6.07) is 13.9. The first-order valence-corrected chi connectivity index (χ1v) is 10.3. The molecule has 1 fully saturated rings. The van der Waals surface area contributed by atoms with Gasteiger partial charge in [-0.2, -0.15) is 0 Å². The van der Waals surface area contributed by atoms with E-state index in [2.05, 4.69) is 32.7 Å². The number of phenols is 1. The number of hydrogen-bond donors (Lipinski definition) is 3. The molecule has 2 aromatic carbocycles. The van der Waals surface area contributed by atoms with E-state index in [1.54, 1.807) is 27.3 Å². The average Bonchev–Trinajstić information content (AvgIpc) is 2.79. The van der Waals surface area contributed by atoms with Gasteiger partial charge in [-0.3, -0.25) is 4.99 Å². The molecule has 0 saturated carbocycles. The molecule has 3 rings (SSSR count). The highest BCUT2D eigenvalue weighted by Gasteiger charge is 2.21. The Labute approximate surface area is 178 Å². The van der Waals surface area contributed by atoms with Crippen molar-refractivity contribution in [1.82, 2.24) is 10.6 Å². The Balaban J connectivity index is 1.51. The molecule has 0 radical (unpaired) electrons. The second-order valence-corrected chi connectivity index (χ2v) is 7.37. The van der Waals surface area contributed by atoms with E-state index in [4.69, 9.17) is 9.47 Å². The molecule has 1 aliphatic heterocycles. The molecule has 162 valence electrons. The number of aliphatic imine (C=N–C) groups is 1. The number of nitrogens with zero attached hydrogens (tertiary/aromatic N) is 2. The summed E-state index contributed by atoms with van der Waals surface area (Å²) in [6.07, 6.45) is 2.91. The summed E-state index contributed by atoms with van der Waals surface area (Å²) < 4.78 is 10.5. The van der Waals surface area contributed by atoms with Crippen LogP contribution in [0.25, 0.3) is 0 Å². The van der Waals surface area contributed by atoms with E-state index in [1.807, 2.05) is 24.3 Å². The van der Waals surface area contributed by atoms with Gasteiger partial charge in [-0.1, -0.05) is 12.1 Å². The SMILES string of the molecule is CN=C(NCCc1ccc(OC)cc1O)NC1CCCN(c2cccc(OC)c2)C1. The predicted octanol–water partition coefficient (Wildman–Crippen LogP) is 2.79. The van der Waals surface area contributed by atoms with Crippen molar-refractivity contribution >= 4 is 11.6 Å². The summed E-state index contributed by atoms with van der Waals surface area (Å²) in [6.45, 7) is 2.62. The molecule has 0 spiro atoms. The molecule has 0 aliphatic carbocycles. The lowest BCUT2D eigenvalue weighted by Gasteiger charge is -2.35. The molecule has 0 aromatic heterocycles. The van der Waals surface area contributed by atoms with Gasteiger partial charge in [0.1, 0.15) is 17.2 Å². The van der Waals surface area contributed by atoms with Crippen molar-refractivity contribution in [1.29, 1.82) is 0 Å². The molecular formula is C23H32N4O3. The quantitative estimate of drug-likeness (QED) is 0.480. The Hall–Kier alpha value is -3.09. The van der Waals surface area contributed by atoms with Crippen LogP contribution in [0.5, 0.6) is 17.2 Å². The number of benzene rings is 2. The summed E-state index contributed by atoms with van der Waals surface area (Å²) in [4.78, 5) is 6.74. The van der Waals surface area contributed by atoms with Crippen LogP contribution in [0.15, 0.2) is 47.5 Å². The highest BCUT2D eigenvalue weighted by molar-refractivity contribution is 5.80. The van der Waals surface area contributed by atoms with Gasteiger partial charge in [0.2, 0.25) is 0 Å². The maximum Gasteiger partial charge on any atom is 0.191 e. The second kappa shape index (κ2) is 10.6. The molecule has 2 aromatic rings. The van der Waals surface area contributed by atoms with E-state index < -0.39 is 0 Å². The molecule has 7 nitrogen and oxygen atoms in total. The van der Waals surface area contributed by atoms with Crippen molar-refractivity contribution in [2.45, 2.75) is 25.3 Å². The third-order valence-electron chi connectivity index (χ3n) is 5.38. The van der Waals surface area contributed by atoms with Crippen molar-refractivity contribution in [2.24, 2.45) is 4.99 Å². The molecule has 1 saturated heterocycles. The molecular weight excluding hydrogens is 380 g/mol. The maximum absolute atomic E-state index is 10.1. The lowest BCUT2D eigenvalue weighted by molar-refractivity contribution is 0.406. The van der Waals surface area contributed by atoms with Gasteiger partial charge in [-0.05, 0) is 43.0 Å². The monoisotopic (exact) mass is 412 g/mol. The van der Waals surface area contributed by atoms with Crippen molar-refractivity contribution in [3.63, 3.8) is 0 Å². The van der Waals surface area contributed by atoms with Crippen LogP contribution in [-0.2, 0) is 6.42 Å². The van der Waals surface area contributed by atoms with Crippen molar-refractivity contribution < 1.29 is 14.6 Å². The standard InChI is InChI=1S/C23H32N4O3/c1-24-23(25-12-11-17-9-10-21(30-3)15-22(17)28)26-18-6-5-13-27(16-18)19-7-4-8-20(14-19)29-2/h4,7-10,14-15,18,28H,5-6,11-13,16H2,1-3H3,(H2,24,25,26). The van der Waals surface area contributed by atoms with Crippen molar-refractivity contribution in [2.75, 3.05) is 45.8 Å². The first kappa shape index (κ1) is 21.6. The fourth-order valence-corrected chi connectivity index (χ4v) is 3.72. The Kier molecular flexibility index (Phi) is 7.65. The predicted molar refractivity (Wildman–Crippen MR) is 121 cm³/mol. The molecule has 0 amide bonds. The zero-order chi connectivity index (χ0) is 21.3. The number of methoxy groups -OCH3 is 2. The molecule has 1 aliphatic rings. The number of guanidine groups is 1. The lowest BCUT2D eigenvalue weighted by atomic mass is 10.0. The minimum absolute atomic E-state index is 0.250. The van der Waals surface area contributed by atoms with Gasteiger partial charge in [0, 0.05) is 50.5 Å². The van der Waals surface area contributed by atoms with E-state index in [0.29, 0.717) is 24.8 Å². The van der Waals surface area contributed by atoms with Gasteiger partial charge in [0.05, 0.1) is 14.2 Å². The van der Waals surface area contributed by atoms with Gasteiger partial charge in [-0.25, -0.2) is 0 Å². The van der Waals surface area contributed by atoms with Crippen LogP contribution in [0.3, 0.4) is 0 Å². The van der Waals surface area contributed by atoms with Crippen molar-refractivity contribution in [3.05, 3.63) is 48.0 Å². The fourth-order valence-electron chi connectivity index (χ4n) is 3.72. The Morgan fingerprint density at radius 1 is 1.17 bits per heavy atom. The van der Waals surface area contributed by atoms with E-state index in [-0.39, 0.29) is 5.75 Å². The van der Waals surface area contributed by atoms with Gasteiger partial charge in [0.25, 0.3) is 0 Å². The Morgan fingerprint density at radius 3 is 2.70 bits per heavy atom. The van der Waals surface area contributed by atoms with Crippen LogP contribution >= 0.6 is 0 Å². The smallest absolute Gasteiger partial charge is 0.191 e.